The molecular formula is C13H20N2O. The predicted octanol–water partition coefficient (Wildman–Crippen LogP) is 2.39. The maximum absolute atomic E-state index is 11.9. The Kier molecular flexibility index (Phi) is 4.47. The number of rotatable bonds is 4. The molecule has 0 bridgehead atoms. The molecule has 0 aliphatic rings. The number of aryl methyl sites for hydroxylation is 1. The van der Waals surface area contributed by atoms with E-state index in [4.69, 9.17) is 0 Å². The highest BCUT2D eigenvalue weighted by atomic mass is 16.2. The summed E-state index contributed by atoms with van der Waals surface area (Å²) >= 11 is 0. The largest absolute Gasteiger partial charge is 0.337 e. The van der Waals surface area contributed by atoms with Gasteiger partial charge in [-0.3, -0.25) is 9.78 Å². The summed E-state index contributed by atoms with van der Waals surface area (Å²) in [6.07, 6.45) is 0. The van der Waals surface area contributed by atoms with E-state index >= 15 is 0 Å². The van der Waals surface area contributed by atoms with Crippen molar-refractivity contribution in [3.63, 3.8) is 0 Å². The minimum atomic E-state index is 0.0461. The summed E-state index contributed by atoms with van der Waals surface area (Å²) in [5.41, 5.74) is 1.95. The smallest absolute Gasteiger partial charge is 0.225 e. The van der Waals surface area contributed by atoms with Crippen LogP contribution in [-0.2, 0) is 11.3 Å². The summed E-state index contributed by atoms with van der Waals surface area (Å²) in [6, 6.07) is 5.90. The van der Waals surface area contributed by atoms with Crippen LogP contribution in [-0.4, -0.2) is 22.3 Å². The first-order valence-corrected chi connectivity index (χ1v) is 5.76. The summed E-state index contributed by atoms with van der Waals surface area (Å²) in [7, 11) is 0. The van der Waals surface area contributed by atoms with Crippen LogP contribution >= 0.6 is 0 Å². The zero-order valence-electron chi connectivity index (χ0n) is 10.5. The molecule has 0 aliphatic carbocycles. The van der Waals surface area contributed by atoms with Gasteiger partial charge in [0.05, 0.1) is 12.2 Å². The Bertz CT molecular complexity index is 361. The van der Waals surface area contributed by atoms with Crippen molar-refractivity contribution in [1.29, 1.82) is 0 Å². The van der Waals surface area contributed by atoms with Crippen molar-refractivity contribution in [2.24, 2.45) is 5.92 Å². The molecule has 1 aromatic heterocycles. The van der Waals surface area contributed by atoms with Gasteiger partial charge in [-0.1, -0.05) is 19.9 Å². The standard InChI is InChI=1S/C13H20N2O/c1-5-15(13(16)10(2)3)9-12-8-6-7-11(4)14-12/h6-8,10H,5,9H2,1-4H3. The van der Waals surface area contributed by atoms with Gasteiger partial charge in [0.2, 0.25) is 5.91 Å². The second-order valence-electron chi connectivity index (χ2n) is 4.28. The average Bonchev–Trinajstić information content (AvgIpc) is 2.25. The van der Waals surface area contributed by atoms with E-state index in [1.807, 2.05) is 50.8 Å². The van der Waals surface area contributed by atoms with Gasteiger partial charge in [0.1, 0.15) is 0 Å². The molecule has 1 amide bonds. The lowest BCUT2D eigenvalue weighted by Gasteiger charge is -2.22. The molecule has 0 saturated heterocycles. The predicted molar refractivity (Wildman–Crippen MR) is 64.9 cm³/mol. The monoisotopic (exact) mass is 220 g/mol. The number of carbonyl (C=O) groups is 1. The Hall–Kier alpha value is -1.38. The summed E-state index contributed by atoms with van der Waals surface area (Å²) in [5.74, 6) is 0.232. The minimum Gasteiger partial charge on any atom is -0.337 e. The normalized spacial score (nSPS) is 10.6. The molecule has 0 fully saturated rings. The van der Waals surface area contributed by atoms with Crippen molar-refractivity contribution in [2.75, 3.05) is 6.54 Å². The number of aromatic nitrogens is 1. The summed E-state index contributed by atoms with van der Waals surface area (Å²) in [5, 5.41) is 0. The van der Waals surface area contributed by atoms with Gasteiger partial charge in [-0.15, -0.1) is 0 Å². The average molecular weight is 220 g/mol. The Balaban J connectivity index is 2.74. The summed E-state index contributed by atoms with van der Waals surface area (Å²) < 4.78 is 0. The van der Waals surface area contributed by atoms with Crippen LogP contribution in [0.25, 0.3) is 0 Å². The van der Waals surface area contributed by atoms with Gasteiger partial charge in [0.25, 0.3) is 0 Å². The first kappa shape index (κ1) is 12.7. The lowest BCUT2D eigenvalue weighted by Crippen LogP contribution is -2.33. The molecule has 1 aromatic rings. The van der Waals surface area contributed by atoms with Crippen LogP contribution in [0.15, 0.2) is 18.2 Å². The van der Waals surface area contributed by atoms with Crippen LogP contribution in [0.2, 0.25) is 0 Å². The molecule has 0 aliphatic heterocycles. The fourth-order valence-electron chi connectivity index (χ4n) is 1.59. The molecule has 0 radical (unpaired) electrons. The molecule has 0 saturated carbocycles. The highest BCUT2D eigenvalue weighted by Crippen LogP contribution is 2.07. The van der Waals surface area contributed by atoms with Gasteiger partial charge in [-0.25, -0.2) is 0 Å². The topological polar surface area (TPSA) is 33.2 Å². The van der Waals surface area contributed by atoms with Crippen LogP contribution in [0.1, 0.15) is 32.2 Å². The number of amides is 1. The fourth-order valence-corrected chi connectivity index (χ4v) is 1.59. The second kappa shape index (κ2) is 5.64. The molecule has 16 heavy (non-hydrogen) atoms. The molecule has 0 aromatic carbocycles. The van der Waals surface area contributed by atoms with Crippen molar-refractivity contribution in [1.82, 2.24) is 9.88 Å². The van der Waals surface area contributed by atoms with Gasteiger partial charge in [-0.05, 0) is 26.0 Å². The number of carbonyl (C=O) groups excluding carboxylic acids is 1. The van der Waals surface area contributed by atoms with Crippen molar-refractivity contribution in [3.8, 4) is 0 Å². The second-order valence-corrected chi connectivity index (χ2v) is 4.28. The minimum absolute atomic E-state index is 0.0461. The van der Waals surface area contributed by atoms with Crippen LogP contribution in [0.3, 0.4) is 0 Å². The molecule has 0 unspecified atom stereocenters. The van der Waals surface area contributed by atoms with E-state index in [2.05, 4.69) is 4.98 Å². The molecule has 0 spiro atoms. The Morgan fingerprint density at radius 1 is 1.44 bits per heavy atom. The SMILES string of the molecule is CCN(Cc1cccc(C)n1)C(=O)C(C)C. The molecule has 3 heteroatoms. The van der Waals surface area contributed by atoms with Gasteiger partial charge >= 0.3 is 0 Å². The van der Waals surface area contributed by atoms with E-state index in [1.54, 1.807) is 0 Å². The molecule has 3 nitrogen and oxygen atoms in total. The molecule has 1 rings (SSSR count). The summed E-state index contributed by atoms with van der Waals surface area (Å²) in [6.45, 7) is 9.14. The van der Waals surface area contributed by atoms with Gasteiger partial charge in [0.15, 0.2) is 0 Å². The Labute approximate surface area is 97.5 Å². The quantitative estimate of drug-likeness (QED) is 0.780. The van der Waals surface area contributed by atoms with Gasteiger partial charge < -0.3 is 4.90 Å². The third-order valence-corrected chi connectivity index (χ3v) is 2.49. The van der Waals surface area contributed by atoms with E-state index in [-0.39, 0.29) is 11.8 Å². The maximum atomic E-state index is 11.9. The summed E-state index contributed by atoms with van der Waals surface area (Å²) in [4.78, 5) is 18.1. The first-order valence-electron chi connectivity index (χ1n) is 5.76. The highest BCUT2D eigenvalue weighted by molar-refractivity contribution is 5.78. The third-order valence-electron chi connectivity index (χ3n) is 2.49. The van der Waals surface area contributed by atoms with Crippen molar-refractivity contribution in [3.05, 3.63) is 29.6 Å². The van der Waals surface area contributed by atoms with E-state index < -0.39 is 0 Å². The molecule has 1 heterocycles. The molecule has 0 atom stereocenters. The van der Waals surface area contributed by atoms with E-state index in [0.717, 1.165) is 17.9 Å². The van der Waals surface area contributed by atoms with Crippen molar-refractivity contribution < 1.29 is 4.79 Å². The first-order chi connectivity index (χ1) is 7.54. The molecule has 88 valence electrons. The van der Waals surface area contributed by atoms with Gasteiger partial charge in [-0.2, -0.15) is 0 Å². The third kappa shape index (κ3) is 3.33. The molecule has 0 N–H and O–H groups in total. The fraction of sp³-hybridized carbons (Fsp3) is 0.538. The lowest BCUT2D eigenvalue weighted by atomic mass is 10.2. The number of pyridine rings is 1. The van der Waals surface area contributed by atoms with E-state index in [0.29, 0.717) is 6.54 Å². The number of hydrogen-bond acceptors (Lipinski definition) is 2. The van der Waals surface area contributed by atoms with Gasteiger partial charge in [0, 0.05) is 18.2 Å². The number of hydrogen-bond donors (Lipinski definition) is 0. The Morgan fingerprint density at radius 2 is 2.12 bits per heavy atom. The Morgan fingerprint density at radius 3 is 2.62 bits per heavy atom. The zero-order valence-corrected chi connectivity index (χ0v) is 10.5. The van der Waals surface area contributed by atoms with E-state index in [1.165, 1.54) is 0 Å². The van der Waals surface area contributed by atoms with Crippen LogP contribution in [0.5, 0.6) is 0 Å². The van der Waals surface area contributed by atoms with Crippen LogP contribution < -0.4 is 0 Å². The number of nitrogens with zero attached hydrogens (tertiary/aromatic N) is 2. The van der Waals surface area contributed by atoms with Crippen LogP contribution in [0.4, 0.5) is 0 Å². The highest BCUT2D eigenvalue weighted by Gasteiger charge is 2.15. The lowest BCUT2D eigenvalue weighted by molar-refractivity contribution is -0.134. The van der Waals surface area contributed by atoms with Crippen molar-refractivity contribution >= 4 is 5.91 Å². The van der Waals surface area contributed by atoms with E-state index in [9.17, 15) is 4.79 Å². The van der Waals surface area contributed by atoms with Crippen LogP contribution in [0, 0.1) is 12.8 Å². The molecular weight excluding hydrogens is 200 g/mol. The van der Waals surface area contributed by atoms with Crippen molar-refractivity contribution in [2.45, 2.75) is 34.2 Å². The zero-order chi connectivity index (χ0) is 12.1. The maximum Gasteiger partial charge on any atom is 0.225 e.